The first-order valence-electron chi connectivity index (χ1n) is 11.9. The SMILES string of the molecule is CC(C)C(C#Cc1ccc(Cl)cc1)Oc1nsnc1C1CN2CCC1CC2.O=C(O)C(O)C(O)C(=O)O. The number of rotatable bonds is 7. The highest BCUT2D eigenvalue weighted by Crippen LogP contribution is 2.41. The maximum Gasteiger partial charge on any atom is 0.335 e. The van der Waals surface area contributed by atoms with Crippen LogP contribution in [0.3, 0.4) is 0 Å². The van der Waals surface area contributed by atoms with Crippen molar-refractivity contribution in [1.82, 2.24) is 13.6 Å². The van der Waals surface area contributed by atoms with E-state index in [0.29, 0.717) is 22.7 Å². The smallest absolute Gasteiger partial charge is 0.335 e. The first-order valence-corrected chi connectivity index (χ1v) is 13.0. The molecule has 5 rings (SSSR count). The van der Waals surface area contributed by atoms with E-state index in [9.17, 15) is 9.59 Å². The van der Waals surface area contributed by atoms with Crippen LogP contribution in [0.4, 0.5) is 0 Å². The molecule has 3 saturated heterocycles. The Labute approximate surface area is 224 Å². The van der Waals surface area contributed by atoms with Crippen molar-refractivity contribution in [3.05, 3.63) is 40.5 Å². The fourth-order valence-corrected chi connectivity index (χ4v) is 4.86. The number of aliphatic carboxylic acids is 2. The van der Waals surface area contributed by atoms with Crippen LogP contribution in [0, 0.1) is 23.7 Å². The molecule has 2 aromatic rings. The van der Waals surface area contributed by atoms with Crippen molar-refractivity contribution >= 4 is 35.3 Å². The maximum atomic E-state index is 9.77. The van der Waals surface area contributed by atoms with E-state index in [4.69, 9.17) is 36.8 Å². The summed E-state index contributed by atoms with van der Waals surface area (Å²) >= 11 is 7.20. The van der Waals surface area contributed by atoms with Crippen LogP contribution >= 0.6 is 23.3 Å². The normalized spacial score (nSPS) is 22.6. The van der Waals surface area contributed by atoms with Crippen molar-refractivity contribution in [2.75, 3.05) is 19.6 Å². The average Bonchev–Trinajstić information content (AvgIpc) is 3.35. The van der Waals surface area contributed by atoms with Crippen LogP contribution in [0.1, 0.15) is 43.9 Å². The number of hydrogen-bond acceptors (Lipinski definition) is 9. The number of carbonyl (C=O) groups is 2. The number of aliphatic hydroxyl groups excluding tert-OH is 2. The molecule has 200 valence electrons. The zero-order chi connectivity index (χ0) is 27.1. The van der Waals surface area contributed by atoms with Gasteiger partial charge in [0, 0.05) is 29.0 Å². The zero-order valence-corrected chi connectivity index (χ0v) is 22.0. The molecule has 2 bridgehead atoms. The molecule has 1 aromatic carbocycles. The lowest BCUT2D eigenvalue weighted by Gasteiger charge is -2.44. The molecule has 0 radical (unpaired) electrons. The van der Waals surface area contributed by atoms with E-state index in [-0.39, 0.29) is 12.0 Å². The second-order valence-corrected chi connectivity index (χ2v) is 10.3. The second-order valence-electron chi connectivity index (χ2n) is 9.32. The molecular formula is C25H30ClN3O7S. The van der Waals surface area contributed by atoms with Gasteiger partial charge in [-0.25, -0.2) is 9.59 Å². The molecule has 3 aliphatic rings. The van der Waals surface area contributed by atoms with Gasteiger partial charge in [-0.2, -0.15) is 4.37 Å². The first kappa shape index (κ1) is 28.8. The van der Waals surface area contributed by atoms with E-state index in [1.54, 1.807) is 0 Å². The number of nitrogens with zero attached hydrogens (tertiary/aromatic N) is 3. The lowest BCUT2D eigenvalue weighted by atomic mass is 9.77. The molecule has 12 heteroatoms. The van der Waals surface area contributed by atoms with Gasteiger partial charge >= 0.3 is 11.9 Å². The number of ether oxygens (including phenoxy) is 1. The molecule has 3 fully saturated rings. The van der Waals surface area contributed by atoms with Gasteiger partial charge < -0.3 is 30.1 Å². The molecule has 4 heterocycles. The molecule has 4 N–H and O–H groups in total. The highest BCUT2D eigenvalue weighted by Gasteiger charge is 2.38. The van der Waals surface area contributed by atoms with Gasteiger partial charge in [-0.3, -0.25) is 0 Å². The molecule has 0 aliphatic carbocycles. The summed E-state index contributed by atoms with van der Waals surface area (Å²) in [6.07, 6.45) is -2.24. The standard InChI is InChI=1S/C21H24ClN3OS.C4H6O6/c1-14(2)19(8-5-15-3-6-17(22)7-4-15)26-21-20(23-27-24-21)18-13-25-11-9-16(18)10-12-25;5-1(3(7)8)2(6)4(9)10/h3-4,6-7,14,16,18-19H,9-13H2,1-2H3;1-2,5-6H,(H,7,8)(H,9,10). The zero-order valence-electron chi connectivity index (χ0n) is 20.5. The Balaban J connectivity index is 0.000000325. The lowest BCUT2D eigenvalue weighted by molar-refractivity contribution is -0.165. The van der Waals surface area contributed by atoms with E-state index >= 15 is 0 Å². The van der Waals surface area contributed by atoms with E-state index in [0.717, 1.165) is 17.8 Å². The van der Waals surface area contributed by atoms with E-state index in [1.807, 2.05) is 24.3 Å². The van der Waals surface area contributed by atoms with Crippen LogP contribution in [0.15, 0.2) is 24.3 Å². The van der Waals surface area contributed by atoms with Crippen LogP contribution in [-0.4, -0.2) is 84.0 Å². The Hall–Kier alpha value is -2.75. The number of halogens is 1. The van der Waals surface area contributed by atoms with Gasteiger partial charge in [-0.15, -0.1) is 4.37 Å². The highest BCUT2D eigenvalue weighted by molar-refractivity contribution is 6.99. The van der Waals surface area contributed by atoms with Crippen molar-refractivity contribution in [3.8, 4) is 17.7 Å². The van der Waals surface area contributed by atoms with Crippen molar-refractivity contribution in [2.24, 2.45) is 11.8 Å². The fourth-order valence-electron chi connectivity index (χ4n) is 4.18. The maximum absolute atomic E-state index is 9.77. The summed E-state index contributed by atoms with van der Waals surface area (Å²) in [7, 11) is 0. The summed E-state index contributed by atoms with van der Waals surface area (Å²) in [5.74, 6) is 5.03. The number of fused-ring (bicyclic) bond motifs is 3. The van der Waals surface area contributed by atoms with Gasteiger partial charge in [-0.1, -0.05) is 37.3 Å². The van der Waals surface area contributed by atoms with Gasteiger partial charge in [0.05, 0.1) is 11.7 Å². The number of aromatic nitrogens is 2. The minimum absolute atomic E-state index is 0.218. The van der Waals surface area contributed by atoms with Crippen LogP contribution in [0.2, 0.25) is 5.02 Å². The summed E-state index contributed by atoms with van der Waals surface area (Å²) in [5.41, 5.74) is 1.97. The number of hydrogen-bond donors (Lipinski definition) is 4. The third-order valence-corrected chi connectivity index (χ3v) is 7.12. The Morgan fingerprint density at radius 1 is 1.08 bits per heavy atom. The van der Waals surface area contributed by atoms with Crippen LogP contribution in [0.25, 0.3) is 0 Å². The van der Waals surface area contributed by atoms with Crippen molar-refractivity contribution in [1.29, 1.82) is 0 Å². The van der Waals surface area contributed by atoms with Crippen molar-refractivity contribution in [3.63, 3.8) is 0 Å². The molecule has 3 aliphatic heterocycles. The molecule has 1 aromatic heterocycles. The summed E-state index contributed by atoms with van der Waals surface area (Å²) in [4.78, 5) is 22.1. The van der Waals surface area contributed by atoms with Crippen molar-refractivity contribution in [2.45, 2.75) is 50.9 Å². The highest BCUT2D eigenvalue weighted by atomic mass is 35.5. The molecule has 0 saturated carbocycles. The summed E-state index contributed by atoms with van der Waals surface area (Å²) in [6, 6.07) is 7.56. The summed E-state index contributed by atoms with van der Waals surface area (Å²) < 4.78 is 15.4. The molecular weight excluding hydrogens is 522 g/mol. The number of piperidine rings is 3. The largest absolute Gasteiger partial charge is 0.479 e. The molecule has 0 amide bonds. The van der Waals surface area contributed by atoms with E-state index in [2.05, 4.69) is 39.3 Å². The third-order valence-electron chi connectivity index (χ3n) is 6.34. The Bertz CT molecular complexity index is 1110. The topological polar surface area (TPSA) is 153 Å². The lowest BCUT2D eigenvalue weighted by Crippen LogP contribution is -2.46. The molecule has 0 spiro atoms. The van der Waals surface area contributed by atoms with Gasteiger partial charge in [0.15, 0.2) is 18.3 Å². The fraction of sp³-hybridized carbons (Fsp3) is 0.520. The molecule has 4 unspecified atom stereocenters. The van der Waals surface area contributed by atoms with Gasteiger partial charge in [0.1, 0.15) is 5.69 Å². The molecule has 10 nitrogen and oxygen atoms in total. The quantitative estimate of drug-likeness (QED) is 0.377. The number of aliphatic hydroxyl groups is 2. The van der Waals surface area contributed by atoms with Crippen LogP contribution < -0.4 is 4.74 Å². The van der Waals surface area contributed by atoms with Crippen molar-refractivity contribution < 1.29 is 34.8 Å². The van der Waals surface area contributed by atoms with E-state index < -0.39 is 24.1 Å². The van der Waals surface area contributed by atoms with Crippen LogP contribution in [-0.2, 0) is 9.59 Å². The Morgan fingerprint density at radius 2 is 1.68 bits per heavy atom. The minimum Gasteiger partial charge on any atom is -0.479 e. The number of benzene rings is 1. The summed E-state index contributed by atoms with van der Waals surface area (Å²) in [5, 5.41) is 33.2. The van der Waals surface area contributed by atoms with E-state index in [1.165, 1.54) is 37.7 Å². The first-order chi connectivity index (χ1) is 17.6. The minimum atomic E-state index is -2.27. The Kier molecular flexibility index (Phi) is 10.3. The Morgan fingerprint density at radius 3 is 2.16 bits per heavy atom. The predicted molar refractivity (Wildman–Crippen MR) is 137 cm³/mol. The molecule has 37 heavy (non-hydrogen) atoms. The average molecular weight is 552 g/mol. The number of carboxylic acid groups (broad SMARTS) is 2. The van der Waals surface area contributed by atoms with Crippen LogP contribution in [0.5, 0.6) is 5.88 Å². The van der Waals surface area contributed by atoms with Gasteiger partial charge in [0.25, 0.3) is 5.88 Å². The summed E-state index contributed by atoms with van der Waals surface area (Å²) in [6.45, 7) is 7.76. The number of carboxylic acids is 2. The molecule has 4 atom stereocenters. The second kappa shape index (κ2) is 13.2. The predicted octanol–water partition coefficient (Wildman–Crippen LogP) is 2.33. The van der Waals surface area contributed by atoms with Gasteiger partial charge in [0.2, 0.25) is 0 Å². The monoisotopic (exact) mass is 551 g/mol. The third kappa shape index (κ3) is 7.87. The van der Waals surface area contributed by atoms with Gasteiger partial charge in [-0.05, 0) is 56.1 Å².